The van der Waals surface area contributed by atoms with Crippen molar-refractivity contribution in [1.29, 1.82) is 0 Å². The van der Waals surface area contributed by atoms with E-state index < -0.39 is 5.69 Å². The number of nitrogens with one attached hydrogen (secondary N) is 1. The Balaban J connectivity index is 2.64. The zero-order valence-corrected chi connectivity index (χ0v) is 6.93. The van der Waals surface area contributed by atoms with Crippen LogP contribution in [0.25, 0.3) is 5.82 Å². The highest BCUT2D eigenvalue weighted by atomic mass is 16.1. The minimum atomic E-state index is -0.392. The van der Waals surface area contributed by atoms with Gasteiger partial charge in [0.15, 0.2) is 0 Å². The molecule has 13 heavy (non-hydrogen) atoms. The van der Waals surface area contributed by atoms with Crippen LogP contribution in [0.15, 0.2) is 23.6 Å². The molecule has 0 saturated carbocycles. The highest BCUT2D eigenvalue weighted by Gasteiger charge is 2.01. The SMILES string of the molecule is Cc1cnc(=O)[nH]c1-n1cncn1. The van der Waals surface area contributed by atoms with Gasteiger partial charge in [0.05, 0.1) is 0 Å². The molecular formula is C7H7N5O. The largest absolute Gasteiger partial charge is 0.346 e. The Morgan fingerprint density at radius 1 is 1.54 bits per heavy atom. The van der Waals surface area contributed by atoms with Gasteiger partial charge in [-0.05, 0) is 6.92 Å². The highest BCUT2D eigenvalue weighted by Crippen LogP contribution is 2.03. The molecule has 6 heteroatoms. The number of hydrogen-bond donors (Lipinski definition) is 1. The van der Waals surface area contributed by atoms with E-state index in [0.717, 1.165) is 5.56 Å². The lowest BCUT2D eigenvalue weighted by Crippen LogP contribution is -2.15. The molecule has 0 bridgehead atoms. The van der Waals surface area contributed by atoms with Gasteiger partial charge in [-0.3, -0.25) is 4.98 Å². The number of H-pyrrole nitrogens is 1. The molecule has 1 N–H and O–H groups in total. The summed E-state index contributed by atoms with van der Waals surface area (Å²) < 4.78 is 1.48. The normalized spacial score (nSPS) is 10.2. The number of aromatic amines is 1. The average molecular weight is 177 g/mol. The molecule has 0 saturated heterocycles. The van der Waals surface area contributed by atoms with Crippen LogP contribution in [-0.4, -0.2) is 24.7 Å². The van der Waals surface area contributed by atoms with Gasteiger partial charge in [0.25, 0.3) is 0 Å². The first-order valence-electron chi connectivity index (χ1n) is 3.68. The number of nitrogens with zero attached hydrogens (tertiary/aromatic N) is 4. The number of hydrogen-bond acceptors (Lipinski definition) is 4. The average Bonchev–Trinajstić information content (AvgIpc) is 2.61. The van der Waals surface area contributed by atoms with E-state index in [-0.39, 0.29) is 0 Å². The van der Waals surface area contributed by atoms with Gasteiger partial charge in [0, 0.05) is 11.8 Å². The van der Waals surface area contributed by atoms with Gasteiger partial charge < -0.3 is 0 Å². The van der Waals surface area contributed by atoms with Gasteiger partial charge in [0.2, 0.25) is 0 Å². The molecule has 2 rings (SSSR count). The highest BCUT2D eigenvalue weighted by molar-refractivity contribution is 5.27. The Kier molecular flexibility index (Phi) is 1.66. The first kappa shape index (κ1) is 7.66. The van der Waals surface area contributed by atoms with Gasteiger partial charge in [0.1, 0.15) is 18.5 Å². The summed E-state index contributed by atoms with van der Waals surface area (Å²) in [6, 6.07) is 0. The number of aromatic nitrogens is 5. The first-order chi connectivity index (χ1) is 6.27. The second kappa shape index (κ2) is 2.81. The first-order valence-corrected chi connectivity index (χ1v) is 3.68. The van der Waals surface area contributed by atoms with E-state index in [4.69, 9.17) is 0 Å². The third kappa shape index (κ3) is 1.33. The molecule has 0 aliphatic carbocycles. The van der Waals surface area contributed by atoms with Crippen LogP contribution in [-0.2, 0) is 0 Å². The molecular weight excluding hydrogens is 170 g/mol. The minimum Gasteiger partial charge on any atom is -0.290 e. The van der Waals surface area contributed by atoms with Gasteiger partial charge in [-0.2, -0.15) is 5.10 Å². The van der Waals surface area contributed by atoms with Crippen molar-refractivity contribution in [3.8, 4) is 5.82 Å². The lowest BCUT2D eigenvalue weighted by molar-refractivity contribution is 0.816. The van der Waals surface area contributed by atoms with Crippen molar-refractivity contribution in [3.05, 3.63) is 34.9 Å². The van der Waals surface area contributed by atoms with Crippen LogP contribution in [0.2, 0.25) is 0 Å². The van der Waals surface area contributed by atoms with E-state index in [0.29, 0.717) is 5.82 Å². The molecule has 0 aliphatic heterocycles. The molecule has 0 amide bonds. The Bertz CT molecular complexity index is 458. The van der Waals surface area contributed by atoms with Crippen LogP contribution in [0.5, 0.6) is 0 Å². The number of aryl methyl sites for hydroxylation is 1. The fourth-order valence-corrected chi connectivity index (χ4v) is 1.01. The maximum Gasteiger partial charge on any atom is 0.346 e. The molecule has 0 radical (unpaired) electrons. The van der Waals surface area contributed by atoms with Crippen molar-refractivity contribution in [1.82, 2.24) is 24.7 Å². The Morgan fingerprint density at radius 3 is 3.08 bits per heavy atom. The summed E-state index contributed by atoms with van der Waals surface area (Å²) in [4.78, 5) is 20.8. The fraction of sp³-hybridized carbons (Fsp3) is 0.143. The summed E-state index contributed by atoms with van der Waals surface area (Å²) >= 11 is 0. The fourth-order valence-electron chi connectivity index (χ4n) is 1.01. The van der Waals surface area contributed by atoms with Crippen molar-refractivity contribution >= 4 is 0 Å². The molecule has 2 aromatic heterocycles. The Hall–Kier alpha value is -1.98. The third-order valence-corrected chi connectivity index (χ3v) is 1.62. The molecule has 0 aliphatic rings. The zero-order chi connectivity index (χ0) is 9.26. The standard InChI is InChI=1S/C7H7N5O/c1-5-2-9-7(13)11-6(5)12-4-8-3-10-12/h2-4H,1H3,(H,9,11,13). The number of rotatable bonds is 1. The van der Waals surface area contributed by atoms with Gasteiger partial charge in [-0.25, -0.2) is 19.4 Å². The van der Waals surface area contributed by atoms with Crippen LogP contribution in [0.4, 0.5) is 0 Å². The summed E-state index contributed by atoms with van der Waals surface area (Å²) in [7, 11) is 0. The van der Waals surface area contributed by atoms with E-state index >= 15 is 0 Å². The van der Waals surface area contributed by atoms with Crippen LogP contribution in [0.3, 0.4) is 0 Å². The van der Waals surface area contributed by atoms with Crippen LogP contribution in [0.1, 0.15) is 5.56 Å². The summed E-state index contributed by atoms with van der Waals surface area (Å²) in [5, 5.41) is 3.90. The van der Waals surface area contributed by atoms with Crippen molar-refractivity contribution in [2.45, 2.75) is 6.92 Å². The van der Waals surface area contributed by atoms with Crippen LogP contribution >= 0.6 is 0 Å². The maximum absolute atomic E-state index is 10.9. The van der Waals surface area contributed by atoms with Crippen LogP contribution in [0, 0.1) is 6.92 Å². The van der Waals surface area contributed by atoms with Crippen molar-refractivity contribution in [3.63, 3.8) is 0 Å². The molecule has 0 unspecified atom stereocenters. The Morgan fingerprint density at radius 2 is 2.38 bits per heavy atom. The molecule has 2 aromatic rings. The summed E-state index contributed by atoms with van der Waals surface area (Å²) in [6.45, 7) is 1.83. The quantitative estimate of drug-likeness (QED) is 0.646. The second-order valence-electron chi connectivity index (χ2n) is 2.56. The van der Waals surface area contributed by atoms with Crippen LogP contribution < -0.4 is 5.69 Å². The van der Waals surface area contributed by atoms with E-state index in [2.05, 4.69) is 20.1 Å². The van der Waals surface area contributed by atoms with E-state index in [1.54, 1.807) is 0 Å². The summed E-state index contributed by atoms with van der Waals surface area (Å²) in [5.74, 6) is 0.595. The Labute approximate surface area is 73.3 Å². The van der Waals surface area contributed by atoms with E-state index in [1.807, 2.05) is 6.92 Å². The molecule has 2 heterocycles. The third-order valence-electron chi connectivity index (χ3n) is 1.62. The predicted octanol–water partition coefficient (Wildman–Crippen LogP) is -0.341. The van der Waals surface area contributed by atoms with Crippen molar-refractivity contribution < 1.29 is 0 Å². The van der Waals surface area contributed by atoms with Crippen molar-refractivity contribution in [2.24, 2.45) is 0 Å². The summed E-state index contributed by atoms with van der Waals surface area (Å²) in [5.41, 5.74) is 0.446. The molecule has 66 valence electrons. The second-order valence-corrected chi connectivity index (χ2v) is 2.56. The molecule has 0 aromatic carbocycles. The van der Waals surface area contributed by atoms with Crippen molar-refractivity contribution in [2.75, 3.05) is 0 Å². The van der Waals surface area contributed by atoms with E-state index in [9.17, 15) is 4.79 Å². The molecule has 0 spiro atoms. The summed E-state index contributed by atoms with van der Waals surface area (Å²) in [6.07, 6.45) is 4.41. The topological polar surface area (TPSA) is 76.5 Å². The molecule has 0 fully saturated rings. The van der Waals surface area contributed by atoms with Gasteiger partial charge in [-0.15, -0.1) is 0 Å². The predicted molar refractivity (Wildman–Crippen MR) is 44.5 cm³/mol. The van der Waals surface area contributed by atoms with Gasteiger partial charge in [-0.1, -0.05) is 0 Å². The molecule has 0 atom stereocenters. The monoisotopic (exact) mass is 177 g/mol. The van der Waals surface area contributed by atoms with E-state index in [1.165, 1.54) is 23.5 Å². The maximum atomic E-state index is 10.9. The molecule has 6 nitrogen and oxygen atoms in total. The lowest BCUT2D eigenvalue weighted by Gasteiger charge is -2.01. The zero-order valence-electron chi connectivity index (χ0n) is 6.93. The minimum absolute atomic E-state index is 0.392. The smallest absolute Gasteiger partial charge is 0.290 e. The van der Waals surface area contributed by atoms with Gasteiger partial charge >= 0.3 is 5.69 Å². The lowest BCUT2D eigenvalue weighted by atomic mass is 10.3.